The highest BCUT2D eigenvalue weighted by molar-refractivity contribution is 7.11. The number of hydrogen-bond acceptors (Lipinski definition) is 4. The van der Waals surface area contributed by atoms with Crippen LogP contribution in [0.2, 0.25) is 0 Å². The number of aliphatic hydroxyl groups excluding tert-OH is 1. The van der Waals surface area contributed by atoms with E-state index in [-0.39, 0.29) is 18.6 Å². The fourth-order valence-electron chi connectivity index (χ4n) is 1.68. The number of aliphatic hydroxyl groups is 1. The summed E-state index contributed by atoms with van der Waals surface area (Å²) in [6.07, 6.45) is 1.56. The first kappa shape index (κ1) is 14.3. The standard InChI is InChI=1S/C15H14N2O2S/c1-11(17-15(19)14-9-16-10-20-14)13-6-4-12(5-7-13)3-2-8-18/h4-7,9-11,18H,8H2,1H3,(H,17,19). The molecular weight excluding hydrogens is 272 g/mol. The fraction of sp³-hybridized carbons (Fsp3) is 0.200. The van der Waals surface area contributed by atoms with Crippen molar-refractivity contribution in [3.63, 3.8) is 0 Å². The number of benzene rings is 1. The third-order valence-electron chi connectivity index (χ3n) is 2.73. The number of nitrogens with one attached hydrogen (secondary N) is 1. The molecule has 1 aromatic carbocycles. The maximum Gasteiger partial charge on any atom is 0.263 e. The average Bonchev–Trinajstić information content (AvgIpc) is 3.00. The van der Waals surface area contributed by atoms with Crippen LogP contribution in [0.3, 0.4) is 0 Å². The van der Waals surface area contributed by atoms with Gasteiger partial charge in [0.15, 0.2) is 0 Å². The summed E-state index contributed by atoms with van der Waals surface area (Å²) in [4.78, 5) is 16.4. The minimum atomic E-state index is -0.150. The number of thiazole rings is 1. The first-order valence-electron chi connectivity index (χ1n) is 6.09. The Morgan fingerprint density at radius 1 is 1.45 bits per heavy atom. The summed E-state index contributed by atoms with van der Waals surface area (Å²) >= 11 is 1.31. The molecule has 1 aromatic heterocycles. The van der Waals surface area contributed by atoms with Gasteiger partial charge in [0, 0.05) is 5.56 Å². The van der Waals surface area contributed by atoms with E-state index in [2.05, 4.69) is 22.1 Å². The van der Waals surface area contributed by atoms with Crippen molar-refractivity contribution in [3.8, 4) is 11.8 Å². The van der Waals surface area contributed by atoms with Gasteiger partial charge in [-0.2, -0.15) is 0 Å². The second kappa shape index (κ2) is 6.85. The lowest BCUT2D eigenvalue weighted by atomic mass is 10.1. The van der Waals surface area contributed by atoms with Crippen molar-refractivity contribution in [2.45, 2.75) is 13.0 Å². The van der Waals surface area contributed by atoms with Crippen molar-refractivity contribution < 1.29 is 9.90 Å². The summed E-state index contributed by atoms with van der Waals surface area (Å²) in [5, 5.41) is 11.6. The van der Waals surface area contributed by atoms with Crippen LogP contribution >= 0.6 is 11.3 Å². The van der Waals surface area contributed by atoms with Gasteiger partial charge in [-0.15, -0.1) is 11.3 Å². The van der Waals surface area contributed by atoms with Crippen molar-refractivity contribution in [2.75, 3.05) is 6.61 Å². The zero-order chi connectivity index (χ0) is 14.4. The zero-order valence-electron chi connectivity index (χ0n) is 11.0. The molecule has 2 rings (SSSR count). The number of rotatable bonds is 3. The second-order valence-corrected chi connectivity index (χ2v) is 5.03. The summed E-state index contributed by atoms with van der Waals surface area (Å²) < 4.78 is 0. The molecule has 0 radical (unpaired) electrons. The topological polar surface area (TPSA) is 62.2 Å². The van der Waals surface area contributed by atoms with Gasteiger partial charge in [0.1, 0.15) is 11.5 Å². The summed E-state index contributed by atoms with van der Waals surface area (Å²) in [6, 6.07) is 7.48. The Morgan fingerprint density at radius 2 is 2.20 bits per heavy atom. The van der Waals surface area contributed by atoms with Crippen molar-refractivity contribution in [1.29, 1.82) is 0 Å². The third-order valence-corrected chi connectivity index (χ3v) is 3.50. The smallest absolute Gasteiger partial charge is 0.263 e. The molecule has 1 atom stereocenters. The van der Waals surface area contributed by atoms with Crippen molar-refractivity contribution in [1.82, 2.24) is 10.3 Å². The molecule has 4 nitrogen and oxygen atoms in total. The Bertz CT molecular complexity index is 624. The van der Waals surface area contributed by atoms with Gasteiger partial charge >= 0.3 is 0 Å². The number of nitrogens with zero attached hydrogens (tertiary/aromatic N) is 1. The molecular formula is C15H14N2O2S. The predicted octanol–water partition coefficient (Wildman–Crippen LogP) is 1.98. The Morgan fingerprint density at radius 3 is 2.80 bits per heavy atom. The van der Waals surface area contributed by atoms with E-state index in [1.807, 2.05) is 31.2 Å². The van der Waals surface area contributed by atoms with Gasteiger partial charge in [-0.3, -0.25) is 9.78 Å². The Hall–Kier alpha value is -2.16. The number of carbonyl (C=O) groups is 1. The molecule has 102 valence electrons. The molecule has 0 aliphatic heterocycles. The molecule has 0 saturated heterocycles. The van der Waals surface area contributed by atoms with Gasteiger partial charge in [-0.25, -0.2) is 0 Å². The molecule has 0 aliphatic rings. The lowest BCUT2D eigenvalue weighted by Gasteiger charge is -2.13. The molecule has 0 bridgehead atoms. The predicted molar refractivity (Wildman–Crippen MR) is 78.4 cm³/mol. The maximum absolute atomic E-state index is 11.9. The van der Waals surface area contributed by atoms with Crippen molar-refractivity contribution in [2.24, 2.45) is 0 Å². The van der Waals surface area contributed by atoms with Crippen LogP contribution in [0.15, 0.2) is 36.0 Å². The minimum Gasteiger partial charge on any atom is -0.384 e. The molecule has 20 heavy (non-hydrogen) atoms. The van der Waals surface area contributed by atoms with Crippen LogP contribution in [0.25, 0.3) is 0 Å². The molecule has 5 heteroatoms. The molecule has 0 aliphatic carbocycles. The van der Waals surface area contributed by atoms with Gasteiger partial charge in [-0.1, -0.05) is 24.0 Å². The summed E-state index contributed by atoms with van der Waals surface area (Å²) in [6.45, 7) is 1.77. The molecule has 2 N–H and O–H groups in total. The lowest BCUT2D eigenvalue weighted by molar-refractivity contribution is 0.0944. The third kappa shape index (κ3) is 3.67. The number of hydrogen-bond donors (Lipinski definition) is 2. The lowest BCUT2D eigenvalue weighted by Crippen LogP contribution is -2.25. The largest absolute Gasteiger partial charge is 0.384 e. The minimum absolute atomic E-state index is 0.0931. The van der Waals surface area contributed by atoms with Crippen molar-refractivity contribution >= 4 is 17.2 Å². The second-order valence-electron chi connectivity index (χ2n) is 4.14. The Labute approximate surface area is 121 Å². The normalized spacial score (nSPS) is 11.3. The monoisotopic (exact) mass is 286 g/mol. The Balaban J connectivity index is 2.02. The fourth-order valence-corrected chi connectivity index (χ4v) is 2.20. The number of carbonyl (C=O) groups excluding carboxylic acids is 1. The number of aromatic nitrogens is 1. The van der Waals surface area contributed by atoms with E-state index < -0.39 is 0 Å². The van der Waals surface area contributed by atoms with Gasteiger partial charge in [0.05, 0.1) is 17.7 Å². The van der Waals surface area contributed by atoms with E-state index in [9.17, 15) is 4.79 Å². The maximum atomic E-state index is 11.9. The molecule has 0 saturated carbocycles. The quantitative estimate of drug-likeness (QED) is 0.848. The van der Waals surface area contributed by atoms with Gasteiger partial charge in [-0.05, 0) is 24.6 Å². The highest BCUT2D eigenvalue weighted by atomic mass is 32.1. The summed E-state index contributed by atoms with van der Waals surface area (Å²) in [5.74, 6) is 5.30. The van der Waals surface area contributed by atoms with E-state index in [0.717, 1.165) is 11.1 Å². The van der Waals surface area contributed by atoms with Crippen LogP contribution in [-0.2, 0) is 0 Å². The van der Waals surface area contributed by atoms with E-state index in [0.29, 0.717) is 4.88 Å². The van der Waals surface area contributed by atoms with Crippen molar-refractivity contribution in [3.05, 3.63) is 52.0 Å². The van der Waals surface area contributed by atoms with Crippen LogP contribution < -0.4 is 5.32 Å². The molecule has 1 unspecified atom stereocenters. The van der Waals surface area contributed by atoms with Crippen LogP contribution in [0.4, 0.5) is 0 Å². The summed E-state index contributed by atoms with van der Waals surface area (Å²) in [5.41, 5.74) is 3.47. The summed E-state index contributed by atoms with van der Waals surface area (Å²) in [7, 11) is 0. The molecule has 0 spiro atoms. The van der Waals surface area contributed by atoms with E-state index in [1.165, 1.54) is 11.3 Å². The van der Waals surface area contributed by atoms with Crippen LogP contribution in [0.5, 0.6) is 0 Å². The SMILES string of the molecule is CC(NC(=O)c1cncs1)c1ccc(C#CCO)cc1. The van der Waals surface area contributed by atoms with Crippen LogP contribution in [0.1, 0.15) is 33.8 Å². The van der Waals surface area contributed by atoms with E-state index in [4.69, 9.17) is 5.11 Å². The molecule has 2 aromatic rings. The zero-order valence-corrected chi connectivity index (χ0v) is 11.8. The van der Waals surface area contributed by atoms with Crippen LogP contribution in [0, 0.1) is 11.8 Å². The first-order valence-corrected chi connectivity index (χ1v) is 6.97. The highest BCUT2D eigenvalue weighted by Gasteiger charge is 2.12. The average molecular weight is 286 g/mol. The van der Waals surface area contributed by atoms with Gasteiger partial charge in [0.2, 0.25) is 0 Å². The van der Waals surface area contributed by atoms with Crippen LogP contribution in [-0.4, -0.2) is 22.6 Å². The van der Waals surface area contributed by atoms with Gasteiger partial charge < -0.3 is 10.4 Å². The Kier molecular flexibility index (Phi) is 4.88. The van der Waals surface area contributed by atoms with Gasteiger partial charge in [0.25, 0.3) is 5.91 Å². The first-order chi connectivity index (χ1) is 9.70. The van der Waals surface area contributed by atoms with E-state index in [1.54, 1.807) is 11.7 Å². The molecule has 0 fully saturated rings. The molecule has 1 heterocycles. The number of amides is 1. The highest BCUT2D eigenvalue weighted by Crippen LogP contribution is 2.15. The molecule has 1 amide bonds. The van der Waals surface area contributed by atoms with E-state index >= 15 is 0 Å².